The van der Waals surface area contributed by atoms with Crippen molar-refractivity contribution in [3.05, 3.63) is 32.8 Å². The molecule has 0 radical (unpaired) electrons. The number of rotatable bonds is 2. The van der Waals surface area contributed by atoms with Crippen molar-refractivity contribution in [2.45, 2.75) is 6.42 Å². The lowest BCUT2D eigenvalue weighted by atomic mass is 10.1. The van der Waals surface area contributed by atoms with Crippen molar-refractivity contribution in [2.24, 2.45) is 5.73 Å². The smallest absolute Gasteiger partial charge is 0.0639 e. The molecule has 0 aliphatic rings. The van der Waals surface area contributed by atoms with E-state index in [2.05, 4.69) is 0 Å². The fourth-order valence-electron chi connectivity index (χ4n) is 0.943. The molecule has 1 nitrogen and oxygen atoms in total. The standard InChI is InChI=1S/C8H8Cl3N/c9-6-1-2-7(10)8(11)5(6)3-4-12/h1-2H,3-4,12H2. The molecule has 0 spiro atoms. The highest BCUT2D eigenvalue weighted by Crippen LogP contribution is 2.31. The Balaban J connectivity index is 3.14. The average molecular weight is 225 g/mol. The number of nitrogens with two attached hydrogens (primary N) is 1. The first-order chi connectivity index (χ1) is 5.66. The molecule has 1 aromatic carbocycles. The van der Waals surface area contributed by atoms with Gasteiger partial charge in [0.15, 0.2) is 0 Å². The van der Waals surface area contributed by atoms with E-state index >= 15 is 0 Å². The molecule has 1 aromatic rings. The van der Waals surface area contributed by atoms with Crippen LogP contribution >= 0.6 is 34.8 Å². The zero-order valence-corrected chi connectivity index (χ0v) is 8.55. The summed E-state index contributed by atoms with van der Waals surface area (Å²) in [5.74, 6) is 0. The molecule has 0 unspecified atom stereocenters. The number of halogens is 3. The third kappa shape index (κ3) is 2.05. The Bertz CT molecular complexity index is 286. The van der Waals surface area contributed by atoms with E-state index in [9.17, 15) is 0 Å². The predicted octanol–water partition coefficient (Wildman–Crippen LogP) is 3.15. The van der Waals surface area contributed by atoms with Crippen LogP contribution in [-0.4, -0.2) is 6.54 Å². The van der Waals surface area contributed by atoms with Gasteiger partial charge in [0, 0.05) is 5.02 Å². The lowest BCUT2D eigenvalue weighted by Crippen LogP contribution is -2.03. The molecule has 0 amide bonds. The maximum atomic E-state index is 5.91. The average Bonchev–Trinajstić information content (AvgIpc) is 2.06. The van der Waals surface area contributed by atoms with Crippen LogP contribution in [0.2, 0.25) is 15.1 Å². The number of benzene rings is 1. The van der Waals surface area contributed by atoms with Gasteiger partial charge in [-0.05, 0) is 30.7 Å². The minimum Gasteiger partial charge on any atom is -0.330 e. The lowest BCUT2D eigenvalue weighted by molar-refractivity contribution is 0.969. The Kier molecular flexibility index (Phi) is 3.66. The summed E-state index contributed by atoms with van der Waals surface area (Å²) in [6, 6.07) is 3.40. The van der Waals surface area contributed by atoms with Crippen molar-refractivity contribution in [1.29, 1.82) is 0 Å². The van der Waals surface area contributed by atoms with E-state index in [4.69, 9.17) is 40.5 Å². The summed E-state index contributed by atoms with van der Waals surface area (Å²) in [5, 5.41) is 1.65. The van der Waals surface area contributed by atoms with Gasteiger partial charge < -0.3 is 5.73 Å². The highest BCUT2D eigenvalue weighted by Gasteiger charge is 2.07. The van der Waals surface area contributed by atoms with Gasteiger partial charge in [0.1, 0.15) is 0 Å². The fourth-order valence-corrected chi connectivity index (χ4v) is 1.68. The molecular weight excluding hydrogens is 216 g/mol. The van der Waals surface area contributed by atoms with Crippen LogP contribution in [0.25, 0.3) is 0 Å². The molecular formula is C8H8Cl3N. The van der Waals surface area contributed by atoms with Crippen LogP contribution in [0.5, 0.6) is 0 Å². The first-order valence-electron chi connectivity index (χ1n) is 3.49. The maximum absolute atomic E-state index is 5.91. The van der Waals surface area contributed by atoms with Crippen LogP contribution in [0.3, 0.4) is 0 Å². The summed E-state index contributed by atoms with van der Waals surface area (Å²) in [4.78, 5) is 0. The molecule has 0 heterocycles. The van der Waals surface area contributed by atoms with Gasteiger partial charge in [-0.15, -0.1) is 0 Å². The third-order valence-electron chi connectivity index (χ3n) is 1.53. The Morgan fingerprint density at radius 3 is 2.25 bits per heavy atom. The summed E-state index contributed by atoms with van der Waals surface area (Å²) in [7, 11) is 0. The second-order valence-electron chi connectivity index (χ2n) is 2.36. The molecule has 0 aromatic heterocycles. The van der Waals surface area contributed by atoms with Gasteiger partial charge >= 0.3 is 0 Å². The minimum absolute atomic E-state index is 0.509. The summed E-state index contributed by atoms with van der Waals surface area (Å²) in [6.07, 6.45) is 0.651. The van der Waals surface area contributed by atoms with Crippen molar-refractivity contribution in [3.8, 4) is 0 Å². The van der Waals surface area contributed by atoms with E-state index in [0.717, 1.165) is 5.56 Å². The molecule has 0 fully saturated rings. The second-order valence-corrected chi connectivity index (χ2v) is 3.55. The zero-order valence-electron chi connectivity index (χ0n) is 6.28. The molecule has 4 heteroatoms. The number of hydrogen-bond donors (Lipinski definition) is 1. The van der Waals surface area contributed by atoms with E-state index in [-0.39, 0.29) is 0 Å². The third-order valence-corrected chi connectivity index (χ3v) is 2.73. The van der Waals surface area contributed by atoms with E-state index in [0.29, 0.717) is 28.0 Å². The maximum Gasteiger partial charge on any atom is 0.0639 e. The Labute approximate surface area is 86.4 Å². The van der Waals surface area contributed by atoms with Crippen molar-refractivity contribution in [1.82, 2.24) is 0 Å². The SMILES string of the molecule is NCCc1c(Cl)ccc(Cl)c1Cl. The highest BCUT2D eigenvalue weighted by atomic mass is 35.5. The van der Waals surface area contributed by atoms with Crippen LogP contribution in [0.15, 0.2) is 12.1 Å². The van der Waals surface area contributed by atoms with Gasteiger partial charge in [-0.3, -0.25) is 0 Å². The second kappa shape index (κ2) is 4.33. The molecule has 1 rings (SSSR count). The quantitative estimate of drug-likeness (QED) is 0.768. The zero-order chi connectivity index (χ0) is 9.14. The molecule has 0 atom stereocenters. The molecule has 0 aliphatic carbocycles. The van der Waals surface area contributed by atoms with E-state index in [1.165, 1.54) is 0 Å². The monoisotopic (exact) mass is 223 g/mol. The fraction of sp³-hybridized carbons (Fsp3) is 0.250. The van der Waals surface area contributed by atoms with E-state index in [1.54, 1.807) is 12.1 Å². The van der Waals surface area contributed by atoms with Crippen molar-refractivity contribution in [2.75, 3.05) is 6.54 Å². The van der Waals surface area contributed by atoms with Crippen LogP contribution in [0, 0.1) is 0 Å². The lowest BCUT2D eigenvalue weighted by Gasteiger charge is -2.06. The molecule has 2 N–H and O–H groups in total. The largest absolute Gasteiger partial charge is 0.330 e. The number of hydrogen-bond acceptors (Lipinski definition) is 1. The summed E-state index contributed by atoms with van der Waals surface area (Å²) in [5.41, 5.74) is 6.22. The molecule has 0 saturated carbocycles. The van der Waals surface area contributed by atoms with E-state index < -0.39 is 0 Å². The van der Waals surface area contributed by atoms with Crippen LogP contribution in [-0.2, 0) is 6.42 Å². The Morgan fingerprint density at radius 1 is 1.08 bits per heavy atom. The van der Waals surface area contributed by atoms with Gasteiger partial charge in [0.25, 0.3) is 0 Å². The molecule has 66 valence electrons. The Hall–Kier alpha value is 0.0500. The molecule has 12 heavy (non-hydrogen) atoms. The van der Waals surface area contributed by atoms with Crippen LogP contribution in [0.4, 0.5) is 0 Å². The molecule has 0 saturated heterocycles. The van der Waals surface area contributed by atoms with Gasteiger partial charge in [-0.25, -0.2) is 0 Å². The minimum atomic E-state index is 0.509. The van der Waals surface area contributed by atoms with Gasteiger partial charge in [0.05, 0.1) is 10.0 Å². The highest BCUT2D eigenvalue weighted by molar-refractivity contribution is 6.44. The Morgan fingerprint density at radius 2 is 1.67 bits per heavy atom. The molecule has 0 aliphatic heterocycles. The van der Waals surface area contributed by atoms with E-state index in [1.807, 2.05) is 0 Å². The topological polar surface area (TPSA) is 26.0 Å². The van der Waals surface area contributed by atoms with Crippen molar-refractivity contribution >= 4 is 34.8 Å². The molecule has 0 bridgehead atoms. The van der Waals surface area contributed by atoms with Gasteiger partial charge in [0.2, 0.25) is 0 Å². The van der Waals surface area contributed by atoms with Crippen LogP contribution in [0.1, 0.15) is 5.56 Å². The summed E-state index contributed by atoms with van der Waals surface area (Å²) in [6.45, 7) is 0.514. The van der Waals surface area contributed by atoms with Crippen molar-refractivity contribution < 1.29 is 0 Å². The summed E-state index contributed by atoms with van der Waals surface area (Å²) >= 11 is 17.6. The first kappa shape index (κ1) is 10.1. The predicted molar refractivity (Wildman–Crippen MR) is 54.2 cm³/mol. The first-order valence-corrected chi connectivity index (χ1v) is 4.62. The van der Waals surface area contributed by atoms with Crippen LogP contribution < -0.4 is 5.73 Å². The van der Waals surface area contributed by atoms with Gasteiger partial charge in [-0.2, -0.15) is 0 Å². The van der Waals surface area contributed by atoms with Crippen molar-refractivity contribution in [3.63, 3.8) is 0 Å². The normalized spacial score (nSPS) is 10.3. The summed E-state index contributed by atoms with van der Waals surface area (Å²) < 4.78 is 0. The van der Waals surface area contributed by atoms with Gasteiger partial charge in [-0.1, -0.05) is 34.8 Å².